The molecule has 2 heterocycles. The number of hydrogen-bond acceptors (Lipinski definition) is 6. The third-order valence-electron chi connectivity index (χ3n) is 7.35. The van der Waals surface area contributed by atoms with E-state index in [0.717, 1.165) is 30.4 Å². The van der Waals surface area contributed by atoms with Crippen LogP contribution in [0.5, 0.6) is 0 Å². The molecule has 9 heteroatoms. The number of halogens is 1. The molecule has 1 atom stereocenters. The Hall–Kier alpha value is -3.75. The largest absolute Gasteiger partial charge is 0.455 e. The highest BCUT2D eigenvalue weighted by atomic mass is 35.5. The van der Waals surface area contributed by atoms with Gasteiger partial charge in [-0.25, -0.2) is 4.99 Å². The standard InChI is InChI=1S/C31H30ClN3O4S/c1-18-5-12-23(25(15-18)35(37)38)26-14-11-22(39-26)17-33-30-28(29(36)34-21-9-7-20(32)8-10-21)24-13-6-19(31(2,3)4)16-27(24)40-30/h5,7-12,14-15,17,19H,6,13,16H2,1-4H3,(H,34,36)/t19-/m1/s1. The molecule has 0 saturated heterocycles. The van der Waals surface area contributed by atoms with E-state index in [2.05, 4.69) is 26.1 Å². The third kappa shape index (κ3) is 5.88. The summed E-state index contributed by atoms with van der Waals surface area (Å²) in [4.78, 5) is 30.6. The van der Waals surface area contributed by atoms with Gasteiger partial charge in [0.1, 0.15) is 16.5 Å². The molecular weight excluding hydrogens is 546 g/mol. The number of carbonyl (C=O) groups excluding carboxylic acids is 1. The lowest BCUT2D eigenvalue weighted by atomic mass is 9.72. The van der Waals surface area contributed by atoms with Crippen molar-refractivity contribution in [2.75, 3.05) is 5.32 Å². The van der Waals surface area contributed by atoms with E-state index < -0.39 is 4.92 Å². The first-order chi connectivity index (χ1) is 19.0. The number of thiophene rings is 1. The maximum atomic E-state index is 13.6. The number of aryl methyl sites for hydroxylation is 1. The second-order valence-electron chi connectivity index (χ2n) is 11.2. The molecule has 0 fully saturated rings. The van der Waals surface area contributed by atoms with Gasteiger partial charge in [0.2, 0.25) is 0 Å². The molecule has 0 radical (unpaired) electrons. The lowest BCUT2D eigenvalue weighted by molar-refractivity contribution is -0.384. The third-order valence-corrected chi connectivity index (χ3v) is 8.77. The van der Waals surface area contributed by atoms with Crippen LogP contribution in [0.4, 0.5) is 16.4 Å². The molecule has 0 bridgehead atoms. The molecule has 206 valence electrons. The van der Waals surface area contributed by atoms with Gasteiger partial charge in [0.15, 0.2) is 0 Å². The average molecular weight is 576 g/mol. The molecule has 0 saturated carbocycles. The van der Waals surface area contributed by atoms with Gasteiger partial charge < -0.3 is 9.73 Å². The molecule has 2 aromatic carbocycles. The van der Waals surface area contributed by atoms with E-state index in [1.807, 2.05) is 13.0 Å². The van der Waals surface area contributed by atoms with Crippen molar-refractivity contribution in [2.24, 2.45) is 16.3 Å². The van der Waals surface area contributed by atoms with Gasteiger partial charge in [-0.2, -0.15) is 0 Å². The Balaban J connectivity index is 1.48. The van der Waals surface area contributed by atoms with Crippen LogP contribution in [-0.4, -0.2) is 17.0 Å². The molecule has 0 spiro atoms. The number of amides is 1. The fraction of sp³-hybridized carbons (Fsp3) is 0.290. The maximum absolute atomic E-state index is 13.6. The number of nitrogens with one attached hydrogen (secondary N) is 1. The van der Waals surface area contributed by atoms with Crippen molar-refractivity contribution < 1.29 is 14.1 Å². The molecule has 7 nitrogen and oxygen atoms in total. The number of fused-ring (bicyclic) bond motifs is 1. The predicted molar refractivity (Wildman–Crippen MR) is 161 cm³/mol. The Morgan fingerprint density at radius 3 is 2.62 bits per heavy atom. The minimum Gasteiger partial charge on any atom is -0.455 e. The van der Waals surface area contributed by atoms with Crippen LogP contribution in [0.1, 0.15) is 59.3 Å². The van der Waals surface area contributed by atoms with E-state index in [1.54, 1.807) is 60.0 Å². The lowest BCUT2D eigenvalue weighted by Crippen LogP contribution is -2.27. The van der Waals surface area contributed by atoms with Crippen LogP contribution in [0.15, 0.2) is 64.0 Å². The molecule has 1 aliphatic carbocycles. The zero-order chi connectivity index (χ0) is 28.6. The van der Waals surface area contributed by atoms with E-state index >= 15 is 0 Å². The van der Waals surface area contributed by atoms with Crippen molar-refractivity contribution in [3.63, 3.8) is 0 Å². The number of nitrogens with zero attached hydrogens (tertiary/aromatic N) is 2. The molecule has 2 aromatic heterocycles. The van der Waals surface area contributed by atoms with Crippen molar-refractivity contribution in [1.29, 1.82) is 0 Å². The smallest absolute Gasteiger partial charge is 0.280 e. The molecular formula is C31H30ClN3O4S. The second kappa shape index (κ2) is 11.0. The number of rotatable bonds is 6. The van der Waals surface area contributed by atoms with E-state index in [0.29, 0.717) is 44.3 Å². The summed E-state index contributed by atoms with van der Waals surface area (Å²) in [6.07, 6.45) is 4.30. The van der Waals surface area contributed by atoms with Gasteiger partial charge in [0, 0.05) is 21.7 Å². The van der Waals surface area contributed by atoms with Gasteiger partial charge in [-0.15, -0.1) is 11.3 Å². The van der Waals surface area contributed by atoms with E-state index in [9.17, 15) is 14.9 Å². The Morgan fingerprint density at radius 1 is 1.18 bits per heavy atom. The predicted octanol–water partition coefficient (Wildman–Crippen LogP) is 9.03. The minimum absolute atomic E-state index is 0.0154. The van der Waals surface area contributed by atoms with Crippen molar-refractivity contribution >= 4 is 51.4 Å². The molecule has 40 heavy (non-hydrogen) atoms. The Labute approximate surface area is 242 Å². The minimum atomic E-state index is -0.411. The van der Waals surface area contributed by atoms with Crippen LogP contribution in [0.2, 0.25) is 5.02 Å². The van der Waals surface area contributed by atoms with Gasteiger partial charge in [-0.3, -0.25) is 14.9 Å². The summed E-state index contributed by atoms with van der Waals surface area (Å²) in [5.41, 5.74) is 3.64. The summed E-state index contributed by atoms with van der Waals surface area (Å²) < 4.78 is 5.93. The fourth-order valence-electron chi connectivity index (χ4n) is 5.05. The number of carbonyl (C=O) groups is 1. The Bertz CT molecular complexity index is 1610. The normalized spacial score (nSPS) is 15.3. The van der Waals surface area contributed by atoms with Crippen LogP contribution in [-0.2, 0) is 12.8 Å². The number of aliphatic imine (C=N–C) groups is 1. The molecule has 5 rings (SSSR count). The van der Waals surface area contributed by atoms with Crippen LogP contribution in [0.3, 0.4) is 0 Å². The quantitative estimate of drug-likeness (QED) is 0.141. The molecule has 0 aliphatic heterocycles. The van der Waals surface area contributed by atoms with Gasteiger partial charge in [-0.05, 0) is 91.1 Å². The number of nitro groups is 1. The second-order valence-corrected chi connectivity index (χ2v) is 12.7. The Morgan fingerprint density at radius 2 is 1.93 bits per heavy atom. The van der Waals surface area contributed by atoms with Gasteiger partial charge in [-0.1, -0.05) is 38.4 Å². The van der Waals surface area contributed by atoms with Crippen LogP contribution >= 0.6 is 22.9 Å². The summed E-state index contributed by atoms with van der Waals surface area (Å²) in [5, 5.41) is 15.8. The molecule has 4 aromatic rings. The van der Waals surface area contributed by atoms with Gasteiger partial charge in [0.25, 0.3) is 11.6 Å². The Kier molecular flexibility index (Phi) is 7.66. The number of hydrogen-bond donors (Lipinski definition) is 1. The highest BCUT2D eigenvalue weighted by Crippen LogP contribution is 2.45. The van der Waals surface area contributed by atoms with Crippen LogP contribution in [0.25, 0.3) is 11.3 Å². The number of anilines is 1. The van der Waals surface area contributed by atoms with Crippen LogP contribution < -0.4 is 5.32 Å². The average Bonchev–Trinajstić information content (AvgIpc) is 3.52. The summed E-state index contributed by atoms with van der Waals surface area (Å²) in [6, 6.07) is 15.5. The topological polar surface area (TPSA) is 97.7 Å². The van der Waals surface area contributed by atoms with E-state index in [4.69, 9.17) is 21.0 Å². The van der Waals surface area contributed by atoms with Crippen molar-refractivity contribution in [2.45, 2.75) is 47.0 Å². The van der Waals surface area contributed by atoms with Crippen molar-refractivity contribution in [3.8, 4) is 11.3 Å². The van der Waals surface area contributed by atoms with Gasteiger partial charge >= 0.3 is 0 Å². The zero-order valence-electron chi connectivity index (χ0n) is 22.8. The lowest BCUT2D eigenvalue weighted by Gasteiger charge is -2.33. The van der Waals surface area contributed by atoms with Crippen LogP contribution in [0, 0.1) is 28.4 Å². The first kappa shape index (κ1) is 27.8. The van der Waals surface area contributed by atoms with Crippen molar-refractivity contribution in [1.82, 2.24) is 0 Å². The molecule has 1 amide bonds. The van der Waals surface area contributed by atoms with Gasteiger partial charge in [0.05, 0.1) is 22.3 Å². The van der Waals surface area contributed by atoms with E-state index in [1.165, 1.54) is 10.9 Å². The summed E-state index contributed by atoms with van der Waals surface area (Å²) in [6.45, 7) is 8.59. The zero-order valence-corrected chi connectivity index (χ0v) is 24.4. The highest BCUT2D eigenvalue weighted by molar-refractivity contribution is 7.16. The molecule has 1 N–H and O–H groups in total. The van der Waals surface area contributed by atoms with Crippen molar-refractivity contribution in [3.05, 3.63) is 97.1 Å². The fourth-order valence-corrected chi connectivity index (χ4v) is 6.45. The monoisotopic (exact) mass is 575 g/mol. The maximum Gasteiger partial charge on any atom is 0.280 e. The highest BCUT2D eigenvalue weighted by Gasteiger charge is 2.33. The first-order valence-electron chi connectivity index (χ1n) is 13.1. The number of nitro benzene ring substituents is 1. The first-order valence-corrected chi connectivity index (χ1v) is 14.3. The molecule has 1 aliphatic rings. The summed E-state index contributed by atoms with van der Waals surface area (Å²) in [5.74, 6) is 1.12. The van der Waals surface area contributed by atoms with E-state index in [-0.39, 0.29) is 17.0 Å². The summed E-state index contributed by atoms with van der Waals surface area (Å²) >= 11 is 7.56. The number of benzene rings is 2. The summed E-state index contributed by atoms with van der Waals surface area (Å²) in [7, 11) is 0. The molecule has 0 unspecified atom stereocenters. The number of furan rings is 1. The SMILES string of the molecule is Cc1ccc(-c2ccc(C=Nc3sc4c(c3C(=O)Nc3ccc(Cl)cc3)CC[C@@H](C(C)(C)C)C4)o2)c([N+](=O)[O-])c1.